The smallest absolute Gasteiger partial charge is 0.236 e. The van der Waals surface area contributed by atoms with Crippen LogP contribution in [0.5, 0.6) is 0 Å². The summed E-state index contributed by atoms with van der Waals surface area (Å²) < 4.78 is 26.6. The van der Waals surface area contributed by atoms with Crippen LogP contribution in [0.25, 0.3) is 6.08 Å². The lowest BCUT2D eigenvalue weighted by Crippen LogP contribution is -2.40. The molecule has 1 amide bonds. The molecule has 2 aromatic carbocycles. The van der Waals surface area contributed by atoms with Crippen molar-refractivity contribution in [2.45, 2.75) is 32.1 Å². The number of benzene rings is 2. The van der Waals surface area contributed by atoms with Gasteiger partial charge in [-0.05, 0) is 67.0 Å². The molecule has 2 aromatic rings. The van der Waals surface area contributed by atoms with Gasteiger partial charge in [-0.15, -0.1) is 0 Å². The van der Waals surface area contributed by atoms with Crippen LogP contribution in [0.1, 0.15) is 36.0 Å². The minimum Gasteiger partial charge on any atom is -0.326 e. The Balaban J connectivity index is 1.32. The van der Waals surface area contributed by atoms with Crippen molar-refractivity contribution in [3.8, 4) is 0 Å². The fraction of sp³-hybridized carbons (Fsp3) is 0.348. The van der Waals surface area contributed by atoms with Gasteiger partial charge in [0.1, 0.15) is 0 Å². The zero-order valence-corrected chi connectivity index (χ0v) is 17.2. The highest BCUT2D eigenvalue weighted by atomic mass is 32.2. The normalized spacial score (nSPS) is 18.1. The Morgan fingerprint density at radius 3 is 2.48 bits per heavy atom. The maximum atomic E-state index is 12.6. The number of anilines is 1. The molecule has 29 heavy (non-hydrogen) atoms. The molecule has 1 aliphatic carbocycles. The van der Waals surface area contributed by atoms with Crippen LogP contribution in [0.15, 0.2) is 53.9 Å². The maximum Gasteiger partial charge on any atom is 0.236 e. The zero-order chi connectivity index (χ0) is 20.3. The average Bonchev–Trinajstić information content (AvgIpc) is 3.21. The molecule has 1 aliphatic heterocycles. The van der Waals surface area contributed by atoms with E-state index >= 15 is 0 Å². The van der Waals surface area contributed by atoms with E-state index in [1.165, 1.54) is 27.3 Å². The van der Waals surface area contributed by atoms with Gasteiger partial charge in [0, 0.05) is 30.1 Å². The van der Waals surface area contributed by atoms with Gasteiger partial charge in [-0.1, -0.05) is 36.4 Å². The van der Waals surface area contributed by atoms with E-state index in [2.05, 4.69) is 17.4 Å². The SMILES string of the molecule is O=C(Nc1ccc2c(c1)CCC2)C1CCN(S(=O)(=O)/C=C/c2ccccc2)CC1. The Labute approximate surface area is 172 Å². The molecule has 0 radical (unpaired) electrons. The van der Waals surface area contributed by atoms with Crippen molar-refractivity contribution in [3.05, 3.63) is 70.6 Å². The molecule has 0 bridgehead atoms. The maximum absolute atomic E-state index is 12.6. The third-order valence-corrected chi connectivity index (χ3v) is 7.35. The summed E-state index contributed by atoms with van der Waals surface area (Å²) in [5, 5.41) is 4.28. The van der Waals surface area contributed by atoms with Gasteiger partial charge in [0.15, 0.2) is 0 Å². The summed E-state index contributed by atoms with van der Waals surface area (Å²) in [5.41, 5.74) is 4.40. The van der Waals surface area contributed by atoms with Crippen molar-refractivity contribution >= 4 is 27.7 Å². The number of hydrogen-bond donors (Lipinski definition) is 1. The summed E-state index contributed by atoms with van der Waals surface area (Å²) in [6.07, 6.45) is 6.06. The van der Waals surface area contributed by atoms with Crippen molar-refractivity contribution in [2.75, 3.05) is 18.4 Å². The Kier molecular flexibility index (Phi) is 5.83. The number of fused-ring (bicyclic) bond motifs is 1. The molecule has 1 N–H and O–H groups in total. The van der Waals surface area contributed by atoms with Gasteiger partial charge in [-0.3, -0.25) is 4.79 Å². The van der Waals surface area contributed by atoms with Crippen molar-refractivity contribution < 1.29 is 13.2 Å². The van der Waals surface area contributed by atoms with E-state index in [9.17, 15) is 13.2 Å². The van der Waals surface area contributed by atoms with Crippen LogP contribution in [-0.2, 0) is 27.7 Å². The third-order valence-electron chi connectivity index (χ3n) is 5.78. The summed E-state index contributed by atoms with van der Waals surface area (Å²) in [7, 11) is -3.48. The number of piperidine rings is 1. The van der Waals surface area contributed by atoms with Crippen LogP contribution in [0.4, 0.5) is 5.69 Å². The largest absolute Gasteiger partial charge is 0.326 e. The summed E-state index contributed by atoms with van der Waals surface area (Å²) in [4.78, 5) is 12.6. The molecule has 0 aromatic heterocycles. The van der Waals surface area contributed by atoms with Gasteiger partial charge >= 0.3 is 0 Å². The van der Waals surface area contributed by atoms with E-state index in [1.807, 2.05) is 36.4 Å². The number of carbonyl (C=O) groups is 1. The van der Waals surface area contributed by atoms with Crippen LogP contribution >= 0.6 is 0 Å². The van der Waals surface area contributed by atoms with Crippen LogP contribution in [0.3, 0.4) is 0 Å². The van der Waals surface area contributed by atoms with Gasteiger partial charge < -0.3 is 5.32 Å². The summed E-state index contributed by atoms with van der Waals surface area (Å²) in [5.74, 6) is -0.173. The Bertz CT molecular complexity index is 1010. The van der Waals surface area contributed by atoms with Crippen molar-refractivity contribution in [3.63, 3.8) is 0 Å². The van der Waals surface area contributed by atoms with E-state index < -0.39 is 10.0 Å². The molecule has 0 unspecified atom stereocenters. The van der Waals surface area contributed by atoms with Crippen LogP contribution in [-0.4, -0.2) is 31.7 Å². The molecule has 0 spiro atoms. The standard InChI is InChI=1S/C23H26N2O3S/c26-23(24-22-10-9-19-7-4-8-21(19)17-22)20-11-14-25(15-12-20)29(27,28)16-13-18-5-2-1-3-6-18/h1-3,5-6,9-10,13,16-17,20H,4,7-8,11-12,14-15H2,(H,24,26)/b16-13+. The Morgan fingerprint density at radius 2 is 1.72 bits per heavy atom. The third kappa shape index (κ3) is 4.77. The first kappa shape index (κ1) is 19.9. The van der Waals surface area contributed by atoms with Gasteiger partial charge in [0.25, 0.3) is 0 Å². The van der Waals surface area contributed by atoms with Crippen LogP contribution in [0, 0.1) is 5.92 Å². The molecule has 2 aliphatic rings. The highest BCUT2D eigenvalue weighted by Crippen LogP contribution is 2.26. The lowest BCUT2D eigenvalue weighted by Gasteiger charge is -2.29. The van der Waals surface area contributed by atoms with E-state index in [0.29, 0.717) is 25.9 Å². The van der Waals surface area contributed by atoms with E-state index in [-0.39, 0.29) is 11.8 Å². The number of carbonyl (C=O) groups excluding carboxylic acids is 1. The Hall–Kier alpha value is -2.44. The number of nitrogens with one attached hydrogen (secondary N) is 1. The number of aryl methyl sites for hydroxylation is 2. The second-order valence-corrected chi connectivity index (χ2v) is 9.58. The number of rotatable bonds is 5. The first-order valence-electron chi connectivity index (χ1n) is 10.2. The highest BCUT2D eigenvalue weighted by Gasteiger charge is 2.30. The number of amides is 1. The fourth-order valence-corrected chi connectivity index (χ4v) is 5.30. The first-order chi connectivity index (χ1) is 14.0. The molecule has 1 heterocycles. The second-order valence-electron chi connectivity index (χ2n) is 7.76. The van der Waals surface area contributed by atoms with Crippen LogP contribution in [0.2, 0.25) is 0 Å². The van der Waals surface area contributed by atoms with Gasteiger partial charge in [0.05, 0.1) is 0 Å². The lowest BCUT2D eigenvalue weighted by atomic mass is 9.97. The van der Waals surface area contributed by atoms with Crippen molar-refractivity contribution in [2.24, 2.45) is 5.92 Å². The molecule has 152 valence electrons. The predicted octanol–water partition coefficient (Wildman–Crippen LogP) is 3.83. The average molecular weight is 411 g/mol. The Morgan fingerprint density at radius 1 is 1.00 bits per heavy atom. The molecular formula is C23H26N2O3S. The van der Waals surface area contributed by atoms with Gasteiger partial charge in [-0.2, -0.15) is 4.31 Å². The van der Waals surface area contributed by atoms with Crippen molar-refractivity contribution in [1.29, 1.82) is 0 Å². The number of nitrogens with zero attached hydrogens (tertiary/aromatic N) is 1. The van der Waals surface area contributed by atoms with Gasteiger partial charge in [-0.25, -0.2) is 8.42 Å². The molecule has 6 heteroatoms. The molecule has 1 fully saturated rings. The molecule has 4 rings (SSSR count). The monoisotopic (exact) mass is 410 g/mol. The predicted molar refractivity (Wildman–Crippen MR) is 116 cm³/mol. The summed E-state index contributed by atoms with van der Waals surface area (Å²) in [6, 6.07) is 15.5. The first-order valence-corrected chi connectivity index (χ1v) is 11.7. The quantitative estimate of drug-likeness (QED) is 0.815. The van der Waals surface area contributed by atoms with Crippen molar-refractivity contribution in [1.82, 2.24) is 4.31 Å². The molecule has 1 saturated heterocycles. The molecule has 0 saturated carbocycles. The molecular weight excluding hydrogens is 384 g/mol. The van der Waals surface area contributed by atoms with Gasteiger partial charge in [0.2, 0.25) is 15.9 Å². The minimum absolute atomic E-state index is 0.0141. The van der Waals surface area contributed by atoms with Crippen LogP contribution < -0.4 is 5.32 Å². The van der Waals surface area contributed by atoms with E-state index in [1.54, 1.807) is 6.08 Å². The summed E-state index contributed by atoms with van der Waals surface area (Å²) in [6.45, 7) is 0.730. The topological polar surface area (TPSA) is 66.5 Å². The van der Waals surface area contributed by atoms with E-state index in [4.69, 9.17) is 0 Å². The minimum atomic E-state index is -3.48. The summed E-state index contributed by atoms with van der Waals surface area (Å²) >= 11 is 0. The number of sulfonamides is 1. The van der Waals surface area contributed by atoms with E-state index in [0.717, 1.165) is 24.1 Å². The molecule has 5 nitrogen and oxygen atoms in total. The number of hydrogen-bond acceptors (Lipinski definition) is 3. The highest BCUT2D eigenvalue weighted by molar-refractivity contribution is 7.92. The molecule has 0 atom stereocenters. The fourth-order valence-electron chi connectivity index (χ4n) is 4.08. The second kappa shape index (κ2) is 8.51. The zero-order valence-electron chi connectivity index (χ0n) is 16.4. The lowest BCUT2D eigenvalue weighted by molar-refractivity contribution is -0.120.